The maximum absolute atomic E-state index is 14.2. The number of rotatable bonds is 4. The maximum atomic E-state index is 14.2. The molecule has 0 unspecified atom stereocenters. The van der Waals surface area contributed by atoms with Crippen molar-refractivity contribution < 1.29 is 17.6 Å². The number of benzene rings is 2. The molecule has 0 saturated heterocycles. The molecule has 0 bridgehead atoms. The number of carbonyl (C=O) groups is 1. The normalized spacial score (nSPS) is 11.3. The molecule has 0 aliphatic rings. The minimum Gasteiger partial charge on any atom is -0.322 e. The molecule has 1 heterocycles. The molecule has 1 aromatic heterocycles. The third-order valence-electron chi connectivity index (χ3n) is 3.38. The van der Waals surface area contributed by atoms with Gasteiger partial charge in [-0.2, -0.15) is 5.10 Å². The third kappa shape index (κ3) is 3.79. The van der Waals surface area contributed by atoms with E-state index in [1.165, 1.54) is 41.6 Å². The van der Waals surface area contributed by atoms with Crippen LogP contribution in [-0.2, 0) is 10.0 Å². The number of sulfonamides is 1. The Morgan fingerprint density at radius 1 is 1.23 bits per heavy atom. The number of hydrogen-bond donors (Lipinski definition) is 2. The van der Waals surface area contributed by atoms with Gasteiger partial charge in [0.15, 0.2) is 5.82 Å². The number of hydrogen-bond acceptors (Lipinski definition) is 5. The first-order valence-corrected chi connectivity index (χ1v) is 9.38. The first-order chi connectivity index (χ1) is 12.3. The van der Waals surface area contributed by atoms with E-state index < -0.39 is 21.7 Å². The van der Waals surface area contributed by atoms with Crippen LogP contribution >= 0.6 is 15.9 Å². The molecule has 3 N–H and O–H groups in total. The lowest BCUT2D eigenvalue weighted by Gasteiger charge is -2.10. The van der Waals surface area contributed by atoms with Crippen molar-refractivity contribution in [1.82, 2.24) is 14.8 Å². The molecule has 3 rings (SSSR count). The number of amides is 1. The lowest BCUT2D eigenvalue weighted by atomic mass is 10.2. The lowest BCUT2D eigenvalue weighted by Crippen LogP contribution is -2.16. The van der Waals surface area contributed by atoms with Crippen LogP contribution < -0.4 is 10.5 Å². The van der Waals surface area contributed by atoms with Crippen LogP contribution in [0.3, 0.4) is 0 Å². The van der Waals surface area contributed by atoms with Crippen molar-refractivity contribution in [2.24, 2.45) is 5.14 Å². The van der Waals surface area contributed by atoms with Crippen molar-refractivity contribution in [3.05, 3.63) is 64.9 Å². The van der Waals surface area contributed by atoms with Crippen LogP contribution in [0.15, 0.2) is 58.4 Å². The molecule has 2 aromatic carbocycles. The van der Waals surface area contributed by atoms with E-state index in [4.69, 9.17) is 5.14 Å². The van der Waals surface area contributed by atoms with Gasteiger partial charge in [0.2, 0.25) is 10.0 Å². The quantitative estimate of drug-likeness (QED) is 0.644. The van der Waals surface area contributed by atoms with Crippen LogP contribution in [0.25, 0.3) is 5.69 Å². The van der Waals surface area contributed by atoms with E-state index in [-0.39, 0.29) is 21.8 Å². The number of anilines is 1. The van der Waals surface area contributed by atoms with Gasteiger partial charge in [-0.3, -0.25) is 4.79 Å². The number of primary sulfonamides is 1. The Hall–Kier alpha value is -2.63. The summed E-state index contributed by atoms with van der Waals surface area (Å²) in [5.41, 5.74) is 0.388. The van der Waals surface area contributed by atoms with E-state index in [1.54, 1.807) is 0 Å². The molecule has 26 heavy (non-hydrogen) atoms. The molecule has 134 valence electrons. The fourth-order valence-corrected chi connectivity index (χ4v) is 3.12. The summed E-state index contributed by atoms with van der Waals surface area (Å²) in [6.07, 6.45) is 2.61. The summed E-state index contributed by atoms with van der Waals surface area (Å²) in [7, 11) is -3.96. The van der Waals surface area contributed by atoms with Gasteiger partial charge in [-0.15, -0.1) is 0 Å². The van der Waals surface area contributed by atoms with Gasteiger partial charge in [0, 0.05) is 10.2 Å². The summed E-state index contributed by atoms with van der Waals surface area (Å²) in [5.74, 6) is -1.25. The van der Waals surface area contributed by atoms with E-state index in [2.05, 4.69) is 31.3 Å². The smallest absolute Gasteiger partial charge is 0.256 e. The number of aromatic nitrogens is 3. The van der Waals surface area contributed by atoms with Crippen molar-refractivity contribution in [2.45, 2.75) is 4.90 Å². The van der Waals surface area contributed by atoms with Gasteiger partial charge >= 0.3 is 0 Å². The summed E-state index contributed by atoms with van der Waals surface area (Å²) in [6.45, 7) is 0. The summed E-state index contributed by atoms with van der Waals surface area (Å²) in [4.78, 5) is 15.9. The van der Waals surface area contributed by atoms with Crippen LogP contribution in [0.2, 0.25) is 0 Å². The van der Waals surface area contributed by atoms with E-state index >= 15 is 0 Å². The van der Waals surface area contributed by atoms with E-state index in [1.807, 2.05) is 0 Å². The van der Waals surface area contributed by atoms with E-state index in [0.717, 1.165) is 12.1 Å². The molecule has 0 saturated carbocycles. The molecule has 0 spiro atoms. The molecular formula is C15H11BrFN5O3S. The minimum absolute atomic E-state index is 0.0392. The molecule has 0 radical (unpaired) electrons. The highest BCUT2D eigenvalue weighted by Crippen LogP contribution is 2.23. The average Bonchev–Trinajstić information content (AvgIpc) is 3.08. The topological polar surface area (TPSA) is 120 Å². The lowest BCUT2D eigenvalue weighted by molar-refractivity contribution is 0.102. The summed E-state index contributed by atoms with van der Waals surface area (Å²) in [6, 6.07) is 7.82. The molecule has 0 fully saturated rings. The van der Waals surface area contributed by atoms with Crippen LogP contribution in [-0.4, -0.2) is 29.1 Å². The highest BCUT2D eigenvalue weighted by Gasteiger charge is 2.16. The predicted molar refractivity (Wildman–Crippen MR) is 94.8 cm³/mol. The Labute approximate surface area is 156 Å². The summed E-state index contributed by atoms with van der Waals surface area (Å²) >= 11 is 3.17. The van der Waals surface area contributed by atoms with Gasteiger partial charge in [0.05, 0.1) is 10.5 Å². The van der Waals surface area contributed by atoms with Crippen molar-refractivity contribution in [1.29, 1.82) is 0 Å². The fraction of sp³-hybridized carbons (Fsp3) is 0. The molecule has 0 aliphatic carbocycles. The third-order valence-corrected chi connectivity index (χ3v) is 4.98. The molecular weight excluding hydrogens is 429 g/mol. The number of carbonyl (C=O) groups excluding carboxylic acids is 1. The van der Waals surface area contributed by atoms with Crippen LogP contribution in [0, 0.1) is 5.82 Å². The van der Waals surface area contributed by atoms with Crippen LogP contribution in [0.1, 0.15) is 10.4 Å². The zero-order chi connectivity index (χ0) is 18.9. The van der Waals surface area contributed by atoms with Gasteiger partial charge in [-0.25, -0.2) is 27.6 Å². The minimum atomic E-state index is -3.96. The van der Waals surface area contributed by atoms with E-state index in [0.29, 0.717) is 4.47 Å². The zero-order valence-electron chi connectivity index (χ0n) is 12.9. The first-order valence-electron chi connectivity index (χ1n) is 7.04. The van der Waals surface area contributed by atoms with Gasteiger partial charge < -0.3 is 5.32 Å². The Kier molecular flexibility index (Phi) is 4.85. The maximum Gasteiger partial charge on any atom is 0.256 e. The monoisotopic (exact) mass is 439 g/mol. The standard InChI is InChI=1S/C15H11BrFN5O3S/c16-12-3-2-10(26(18,24)25)6-11(12)15(23)21-9-1-4-14(13(17)5-9)22-8-19-7-20-22/h1-8H,(H,21,23)(H2,18,24,25). The Morgan fingerprint density at radius 3 is 2.62 bits per heavy atom. The summed E-state index contributed by atoms with van der Waals surface area (Å²) < 4.78 is 38.7. The largest absolute Gasteiger partial charge is 0.322 e. The second kappa shape index (κ2) is 6.94. The highest BCUT2D eigenvalue weighted by molar-refractivity contribution is 9.10. The number of nitrogens with zero attached hydrogens (tertiary/aromatic N) is 3. The van der Waals surface area contributed by atoms with Crippen molar-refractivity contribution in [2.75, 3.05) is 5.32 Å². The Bertz CT molecular complexity index is 1090. The first kappa shape index (κ1) is 18.2. The van der Waals surface area contributed by atoms with E-state index in [9.17, 15) is 17.6 Å². The van der Waals surface area contributed by atoms with Gasteiger partial charge in [0.1, 0.15) is 18.3 Å². The molecule has 0 aliphatic heterocycles. The predicted octanol–water partition coefficient (Wildman–Crippen LogP) is 2.07. The van der Waals surface area contributed by atoms with Gasteiger partial charge in [-0.1, -0.05) is 0 Å². The SMILES string of the molecule is NS(=O)(=O)c1ccc(Br)c(C(=O)Nc2ccc(-n3cncn3)c(F)c2)c1. The Morgan fingerprint density at radius 2 is 2.00 bits per heavy atom. The zero-order valence-corrected chi connectivity index (χ0v) is 15.3. The Balaban J connectivity index is 1.88. The molecule has 3 aromatic rings. The fourth-order valence-electron chi connectivity index (χ4n) is 2.16. The number of nitrogens with two attached hydrogens (primary N) is 1. The van der Waals surface area contributed by atoms with Gasteiger partial charge in [0.25, 0.3) is 5.91 Å². The van der Waals surface area contributed by atoms with Crippen LogP contribution in [0.4, 0.5) is 10.1 Å². The number of halogens is 2. The highest BCUT2D eigenvalue weighted by atomic mass is 79.9. The molecule has 0 atom stereocenters. The average molecular weight is 440 g/mol. The van der Waals surface area contributed by atoms with Crippen molar-refractivity contribution >= 4 is 37.5 Å². The van der Waals surface area contributed by atoms with Crippen LogP contribution in [0.5, 0.6) is 0 Å². The van der Waals surface area contributed by atoms with Crippen molar-refractivity contribution in [3.63, 3.8) is 0 Å². The second-order valence-electron chi connectivity index (χ2n) is 5.15. The molecule has 8 nitrogen and oxygen atoms in total. The second-order valence-corrected chi connectivity index (χ2v) is 7.56. The summed E-state index contributed by atoms with van der Waals surface area (Å²) in [5, 5.41) is 11.4. The molecule has 11 heteroatoms. The number of nitrogens with one attached hydrogen (secondary N) is 1. The van der Waals surface area contributed by atoms with Gasteiger partial charge in [-0.05, 0) is 52.3 Å². The molecule has 1 amide bonds. The van der Waals surface area contributed by atoms with Crippen molar-refractivity contribution in [3.8, 4) is 5.69 Å².